The Labute approximate surface area is 150 Å². The number of carbonyl (C=O) groups is 2. The third-order valence-corrected chi connectivity index (χ3v) is 4.28. The van der Waals surface area contributed by atoms with Crippen LogP contribution in [0.2, 0.25) is 0 Å². The normalized spacial score (nSPS) is 10.4. The molecule has 0 aliphatic heterocycles. The maximum Gasteiger partial charge on any atom is 0.228 e. The van der Waals surface area contributed by atoms with Gasteiger partial charge in [0, 0.05) is 37.8 Å². The van der Waals surface area contributed by atoms with Crippen molar-refractivity contribution in [3.63, 3.8) is 0 Å². The summed E-state index contributed by atoms with van der Waals surface area (Å²) < 4.78 is 0. The third kappa shape index (κ3) is 4.69. The van der Waals surface area contributed by atoms with E-state index in [0.29, 0.717) is 19.5 Å². The van der Waals surface area contributed by atoms with Crippen molar-refractivity contribution in [3.8, 4) is 0 Å². The van der Waals surface area contributed by atoms with Gasteiger partial charge in [0.1, 0.15) is 0 Å². The fraction of sp³-hybridized carbons (Fsp3) is 0.333. The third-order valence-electron chi connectivity index (χ3n) is 4.28. The van der Waals surface area contributed by atoms with Gasteiger partial charge in [0.05, 0.1) is 0 Å². The molecule has 0 saturated heterocycles. The van der Waals surface area contributed by atoms with Gasteiger partial charge in [0.2, 0.25) is 11.8 Å². The van der Waals surface area contributed by atoms with Gasteiger partial charge in [-0.05, 0) is 37.1 Å². The first-order valence-corrected chi connectivity index (χ1v) is 8.79. The van der Waals surface area contributed by atoms with Crippen LogP contribution in [-0.2, 0) is 16.0 Å². The van der Waals surface area contributed by atoms with Gasteiger partial charge < -0.3 is 9.80 Å². The zero-order valence-corrected chi connectivity index (χ0v) is 15.2. The molecule has 2 amide bonds. The highest BCUT2D eigenvalue weighted by molar-refractivity contribution is 5.96. The van der Waals surface area contributed by atoms with Crippen LogP contribution in [0.3, 0.4) is 0 Å². The number of rotatable bonds is 7. The Morgan fingerprint density at radius 1 is 0.880 bits per heavy atom. The van der Waals surface area contributed by atoms with Gasteiger partial charge >= 0.3 is 0 Å². The van der Waals surface area contributed by atoms with Gasteiger partial charge in [0.25, 0.3) is 0 Å². The maximum absolute atomic E-state index is 12.7. The summed E-state index contributed by atoms with van der Waals surface area (Å²) in [4.78, 5) is 28.3. The standard InChI is InChI=1S/C21H26N2O2/c1-4-18-11-9-10-14-20(18)23(17(3)24)16-15-21(25)22(5-2)19-12-7-6-8-13-19/h6-14H,4-5,15-16H2,1-3H3. The van der Waals surface area contributed by atoms with Crippen molar-refractivity contribution >= 4 is 23.2 Å². The zero-order chi connectivity index (χ0) is 18.2. The molecule has 0 aliphatic rings. The average Bonchev–Trinajstić information content (AvgIpc) is 2.63. The minimum Gasteiger partial charge on any atom is -0.313 e. The molecule has 0 aliphatic carbocycles. The molecule has 4 nitrogen and oxygen atoms in total. The first-order valence-electron chi connectivity index (χ1n) is 8.79. The van der Waals surface area contributed by atoms with E-state index in [4.69, 9.17) is 0 Å². The number of para-hydroxylation sites is 2. The van der Waals surface area contributed by atoms with Crippen molar-refractivity contribution in [2.24, 2.45) is 0 Å². The van der Waals surface area contributed by atoms with Gasteiger partial charge in [0.15, 0.2) is 0 Å². The van der Waals surface area contributed by atoms with Crippen molar-refractivity contribution < 1.29 is 9.59 Å². The monoisotopic (exact) mass is 338 g/mol. The summed E-state index contributed by atoms with van der Waals surface area (Å²) in [5.74, 6) is -0.0228. The van der Waals surface area contributed by atoms with E-state index < -0.39 is 0 Å². The van der Waals surface area contributed by atoms with Crippen LogP contribution in [0.15, 0.2) is 54.6 Å². The SMILES string of the molecule is CCc1ccccc1N(CCC(=O)N(CC)c1ccccc1)C(C)=O. The number of nitrogens with zero attached hydrogens (tertiary/aromatic N) is 2. The smallest absolute Gasteiger partial charge is 0.228 e. The Kier molecular flexibility index (Phi) is 6.75. The van der Waals surface area contributed by atoms with Crippen LogP contribution in [0, 0.1) is 0 Å². The Balaban J connectivity index is 2.13. The molecule has 0 saturated carbocycles. The van der Waals surface area contributed by atoms with Crippen molar-refractivity contribution in [1.29, 1.82) is 0 Å². The molecule has 0 aromatic heterocycles. The summed E-state index contributed by atoms with van der Waals surface area (Å²) in [6, 6.07) is 17.5. The topological polar surface area (TPSA) is 40.6 Å². The fourth-order valence-electron chi connectivity index (χ4n) is 2.97. The Morgan fingerprint density at radius 2 is 1.52 bits per heavy atom. The Morgan fingerprint density at radius 3 is 2.12 bits per heavy atom. The van der Waals surface area contributed by atoms with Crippen LogP contribution >= 0.6 is 0 Å². The van der Waals surface area contributed by atoms with Crippen molar-refractivity contribution in [3.05, 3.63) is 60.2 Å². The second-order valence-electron chi connectivity index (χ2n) is 5.88. The van der Waals surface area contributed by atoms with Crippen LogP contribution in [0.1, 0.15) is 32.8 Å². The minimum atomic E-state index is -0.0449. The molecule has 132 valence electrons. The number of carbonyl (C=O) groups excluding carboxylic acids is 2. The average molecular weight is 338 g/mol. The molecule has 25 heavy (non-hydrogen) atoms. The highest BCUT2D eigenvalue weighted by atomic mass is 16.2. The summed E-state index contributed by atoms with van der Waals surface area (Å²) in [5.41, 5.74) is 2.90. The van der Waals surface area contributed by atoms with Gasteiger partial charge in [-0.1, -0.05) is 43.3 Å². The van der Waals surface area contributed by atoms with Crippen LogP contribution in [-0.4, -0.2) is 24.9 Å². The lowest BCUT2D eigenvalue weighted by Crippen LogP contribution is -2.36. The fourth-order valence-corrected chi connectivity index (χ4v) is 2.97. The molecular formula is C21H26N2O2. The van der Waals surface area contributed by atoms with E-state index in [9.17, 15) is 9.59 Å². The highest BCUT2D eigenvalue weighted by Gasteiger charge is 2.19. The molecule has 0 radical (unpaired) electrons. The second-order valence-corrected chi connectivity index (χ2v) is 5.88. The molecule has 0 heterocycles. The first-order chi connectivity index (χ1) is 12.1. The number of benzene rings is 2. The van der Waals surface area contributed by atoms with Crippen molar-refractivity contribution in [2.45, 2.75) is 33.6 Å². The molecule has 0 bridgehead atoms. The Bertz CT molecular complexity index is 713. The summed E-state index contributed by atoms with van der Waals surface area (Å²) >= 11 is 0. The lowest BCUT2D eigenvalue weighted by molar-refractivity contribution is -0.118. The molecule has 2 aromatic carbocycles. The van der Waals surface area contributed by atoms with Gasteiger partial charge in [-0.25, -0.2) is 0 Å². The summed E-state index contributed by atoms with van der Waals surface area (Å²) in [6.45, 7) is 6.56. The van der Waals surface area contributed by atoms with Crippen LogP contribution in [0.5, 0.6) is 0 Å². The van der Waals surface area contributed by atoms with E-state index in [1.165, 1.54) is 0 Å². The van der Waals surface area contributed by atoms with E-state index in [0.717, 1.165) is 23.4 Å². The number of hydrogen-bond donors (Lipinski definition) is 0. The number of aryl methyl sites for hydroxylation is 1. The van der Waals surface area contributed by atoms with E-state index in [-0.39, 0.29) is 11.8 Å². The van der Waals surface area contributed by atoms with E-state index in [2.05, 4.69) is 6.92 Å². The van der Waals surface area contributed by atoms with Crippen LogP contribution in [0.25, 0.3) is 0 Å². The van der Waals surface area contributed by atoms with Crippen LogP contribution < -0.4 is 9.80 Å². The second kappa shape index (κ2) is 9.02. The molecule has 2 aromatic rings. The molecule has 4 heteroatoms. The molecular weight excluding hydrogens is 312 g/mol. The minimum absolute atomic E-state index is 0.0222. The summed E-state index contributed by atoms with van der Waals surface area (Å²) in [7, 11) is 0. The Hall–Kier alpha value is -2.62. The molecule has 0 spiro atoms. The van der Waals surface area contributed by atoms with Crippen LogP contribution in [0.4, 0.5) is 11.4 Å². The van der Waals surface area contributed by atoms with Crippen molar-refractivity contribution in [1.82, 2.24) is 0 Å². The number of anilines is 2. The summed E-state index contributed by atoms with van der Waals surface area (Å²) in [6.07, 6.45) is 1.14. The molecule has 2 rings (SSSR count). The van der Waals surface area contributed by atoms with E-state index in [1.54, 1.807) is 16.7 Å². The molecule has 0 unspecified atom stereocenters. The van der Waals surface area contributed by atoms with E-state index >= 15 is 0 Å². The molecule has 0 atom stereocenters. The predicted molar refractivity (Wildman–Crippen MR) is 103 cm³/mol. The van der Waals surface area contributed by atoms with Gasteiger partial charge in [-0.2, -0.15) is 0 Å². The lowest BCUT2D eigenvalue weighted by atomic mass is 10.1. The number of hydrogen-bond acceptors (Lipinski definition) is 2. The lowest BCUT2D eigenvalue weighted by Gasteiger charge is -2.26. The van der Waals surface area contributed by atoms with Gasteiger partial charge in [-0.3, -0.25) is 9.59 Å². The highest BCUT2D eigenvalue weighted by Crippen LogP contribution is 2.22. The largest absolute Gasteiger partial charge is 0.313 e. The van der Waals surface area contributed by atoms with E-state index in [1.807, 2.05) is 61.5 Å². The molecule has 0 fully saturated rings. The maximum atomic E-state index is 12.7. The van der Waals surface area contributed by atoms with Crippen molar-refractivity contribution in [2.75, 3.05) is 22.9 Å². The quantitative estimate of drug-likeness (QED) is 0.764. The van der Waals surface area contributed by atoms with Gasteiger partial charge in [-0.15, -0.1) is 0 Å². The number of amides is 2. The predicted octanol–water partition coefficient (Wildman–Crippen LogP) is 4.05. The zero-order valence-electron chi connectivity index (χ0n) is 15.2. The molecule has 0 N–H and O–H groups in total. The summed E-state index contributed by atoms with van der Waals surface area (Å²) in [5, 5.41) is 0. The first kappa shape index (κ1) is 18.7.